The molecule has 1 heterocycles. The average Bonchev–Trinajstić information content (AvgIpc) is 3.26. The molecule has 0 saturated carbocycles. The van der Waals surface area contributed by atoms with Crippen molar-refractivity contribution in [2.75, 3.05) is 14.2 Å². The molecule has 1 aromatic heterocycles. The average molecular weight is 411 g/mol. The van der Waals surface area contributed by atoms with Gasteiger partial charge in [0.1, 0.15) is 17.2 Å². The minimum atomic E-state index is -0.665. The van der Waals surface area contributed by atoms with Gasteiger partial charge in [0.2, 0.25) is 11.7 Å². The molecule has 8 nitrogen and oxygen atoms in total. The van der Waals surface area contributed by atoms with Crippen LogP contribution in [0.2, 0.25) is 0 Å². The summed E-state index contributed by atoms with van der Waals surface area (Å²) in [5, 5.41) is 6.73. The van der Waals surface area contributed by atoms with Gasteiger partial charge in [-0.1, -0.05) is 30.3 Å². The number of nitrogens with one attached hydrogen (secondary N) is 1. The van der Waals surface area contributed by atoms with E-state index in [0.717, 1.165) is 12.0 Å². The quantitative estimate of drug-likeness (QED) is 0.576. The predicted octanol–water partition coefficient (Wildman–Crippen LogP) is 3.40. The minimum Gasteiger partial charge on any atom is -0.497 e. The molecular formula is C22H25N3O5. The fourth-order valence-electron chi connectivity index (χ4n) is 2.88. The first-order valence-corrected chi connectivity index (χ1v) is 9.63. The van der Waals surface area contributed by atoms with E-state index in [4.69, 9.17) is 18.7 Å². The molecule has 8 heteroatoms. The summed E-state index contributed by atoms with van der Waals surface area (Å²) in [7, 11) is 3.13. The van der Waals surface area contributed by atoms with Crippen LogP contribution in [0.25, 0.3) is 11.4 Å². The van der Waals surface area contributed by atoms with Crippen LogP contribution in [0.3, 0.4) is 0 Å². The minimum absolute atomic E-state index is 0.0907. The van der Waals surface area contributed by atoms with Gasteiger partial charge in [0.15, 0.2) is 6.10 Å². The van der Waals surface area contributed by atoms with Gasteiger partial charge >= 0.3 is 0 Å². The number of aromatic nitrogens is 2. The lowest BCUT2D eigenvalue weighted by Gasteiger charge is -2.16. The molecule has 0 radical (unpaired) electrons. The number of methoxy groups -OCH3 is 2. The third-order valence-corrected chi connectivity index (χ3v) is 4.56. The zero-order valence-corrected chi connectivity index (χ0v) is 17.5. The number of aryl methyl sites for hydroxylation is 1. The largest absolute Gasteiger partial charge is 0.497 e. The van der Waals surface area contributed by atoms with Gasteiger partial charge in [-0.05, 0) is 37.1 Å². The summed E-state index contributed by atoms with van der Waals surface area (Å²) in [5.74, 6) is 2.28. The number of benzene rings is 2. The summed E-state index contributed by atoms with van der Waals surface area (Å²) in [6.07, 6.45) is 0.158. The van der Waals surface area contributed by atoms with E-state index in [0.29, 0.717) is 28.6 Å². The van der Waals surface area contributed by atoms with Crippen molar-refractivity contribution < 1.29 is 23.5 Å². The molecule has 0 unspecified atom stereocenters. The maximum absolute atomic E-state index is 12.4. The zero-order valence-electron chi connectivity index (χ0n) is 17.5. The molecular weight excluding hydrogens is 386 g/mol. The Morgan fingerprint density at radius 2 is 1.93 bits per heavy atom. The molecule has 30 heavy (non-hydrogen) atoms. The molecule has 0 bridgehead atoms. The molecule has 1 atom stereocenters. The Balaban J connectivity index is 1.62. The highest BCUT2D eigenvalue weighted by molar-refractivity contribution is 5.80. The van der Waals surface area contributed by atoms with Crippen LogP contribution in [0, 0.1) is 0 Å². The Bertz CT molecular complexity index is 1000. The van der Waals surface area contributed by atoms with E-state index in [1.165, 1.54) is 0 Å². The number of rotatable bonds is 9. The van der Waals surface area contributed by atoms with Crippen molar-refractivity contribution in [3.05, 3.63) is 53.9 Å². The van der Waals surface area contributed by atoms with Crippen molar-refractivity contribution in [1.82, 2.24) is 15.5 Å². The number of carbonyl (C=O) groups excluding carboxylic acids is 1. The smallest absolute Gasteiger partial charge is 0.261 e. The normalized spacial score (nSPS) is 11.6. The van der Waals surface area contributed by atoms with E-state index in [1.807, 2.05) is 31.2 Å². The van der Waals surface area contributed by atoms with Crippen LogP contribution in [0.15, 0.2) is 47.0 Å². The number of ether oxygens (including phenoxy) is 3. The fraction of sp³-hybridized carbons (Fsp3) is 0.318. The maximum atomic E-state index is 12.4. The van der Waals surface area contributed by atoms with E-state index in [1.54, 1.807) is 39.3 Å². The van der Waals surface area contributed by atoms with Crippen molar-refractivity contribution in [2.24, 2.45) is 0 Å². The second kappa shape index (κ2) is 9.78. The lowest BCUT2D eigenvalue weighted by Crippen LogP contribution is -2.36. The molecule has 0 aliphatic rings. The van der Waals surface area contributed by atoms with Gasteiger partial charge in [-0.25, -0.2) is 0 Å². The van der Waals surface area contributed by atoms with Gasteiger partial charge in [-0.2, -0.15) is 4.98 Å². The van der Waals surface area contributed by atoms with E-state index in [-0.39, 0.29) is 18.3 Å². The first-order chi connectivity index (χ1) is 14.5. The number of hydrogen-bond acceptors (Lipinski definition) is 7. The molecule has 158 valence electrons. The SMILES string of the molecule is CCc1ccccc1O[C@H](C)C(=O)NCc1nc(-c2ccc(OC)cc2OC)no1. The topological polar surface area (TPSA) is 95.7 Å². The number of carbonyl (C=O) groups is 1. The van der Waals surface area contributed by atoms with Crippen LogP contribution in [0.4, 0.5) is 0 Å². The molecule has 0 saturated heterocycles. The fourth-order valence-corrected chi connectivity index (χ4v) is 2.88. The Morgan fingerprint density at radius 3 is 2.67 bits per heavy atom. The van der Waals surface area contributed by atoms with Crippen LogP contribution in [0.1, 0.15) is 25.3 Å². The highest BCUT2D eigenvalue weighted by atomic mass is 16.5. The summed E-state index contributed by atoms with van der Waals surface area (Å²) in [6, 6.07) is 13.0. The molecule has 1 N–H and O–H groups in total. The third kappa shape index (κ3) is 4.89. The number of amides is 1. The van der Waals surface area contributed by atoms with Crippen LogP contribution < -0.4 is 19.5 Å². The van der Waals surface area contributed by atoms with Crippen molar-refractivity contribution >= 4 is 5.91 Å². The van der Waals surface area contributed by atoms with Crippen molar-refractivity contribution in [1.29, 1.82) is 0 Å². The monoisotopic (exact) mass is 411 g/mol. The molecule has 0 aliphatic heterocycles. The lowest BCUT2D eigenvalue weighted by atomic mass is 10.1. The molecule has 3 rings (SSSR count). The van der Waals surface area contributed by atoms with Crippen LogP contribution in [-0.4, -0.2) is 36.4 Å². The van der Waals surface area contributed by atoms with Gasteiger partial charge in [0, 0.05) is 6.07 Å². The second-order valence-electron chi connectivity index (χ2n) is 6.52. The second-order valence-corrected chi connectivity index (χ2v) is 6.52. The van der Waals surface area contributed by atoms with Crippen molar-refractivity contribution in [3.63, 3.8) is 0 Å². The molecule has 0 aliphatic carbocycles. The third-order valence-electron chi connectivity index (χ3n) is 4.56. The summed E-state index contributed by atoms with van der Waals surface area (Å²) >= 11 is 0. The van der Waals surface area contributed by atoms with Gasteiger partial charge in [0.05, 0.1) is 26.3 Å². The van der Waals surface area contributed by atoms with Crippen molar-refractivity contribution in [2.45, 2.75) is 32.9 Å². The van der Waals surface area contributed by atoms with E-state index < -0.39 is 6.10 Å². The predicted molar refractivity (Wildman–Crippen MR) is 111 cm³/mol. The zero-order chi connectivity index (χ0) is 21.5. The van der Waals surface area contributed by atoms with Gasteiger partial charge in [-0.15, -0.1) is 0 Å². The Labute approximate surface area is 175 Å². The highest BCUT2D eigenvalue weighted by Gasteiger charge is 2.18. The van der Waals surface area contributed by atoms with Gasteiger partial charge in [-0.3, -0.25) is 4.79 Å². The Kier molecular flexibility index (Phi) is 6.90. The Hall–Kier alpha value is -3.55. The maximum Gasteiger partial charge on any atom is 0.261 e. The highest BCUT2D eigenvalue weighted by Crippen LogP contribution is 2.31. The summed E-state index contributed by atoms with van der Waals surface area (Å²) in [6.45, 7) is 3.83. The van der Waals surface area contributed by atoms with Gasteiger partial charge < -0.3 is 24.1 Å². The number of hydrogen-bond donors (Lipinski definition) is 1. The first kappa shape index (κ1) is 21.2. The van der Waals surface area contributed by atoms with E-state index in [2.05, 4.69) is 15.5 Å². The van der Waals surface area contributed by atoms with Gasteiger partial charge in [0.25, 0.3) is 5.91 Å². The van der Waals surface area contributed by atoms with Crippen molar-refractivity contribution in [3.8, 4) is 28.6 Å². The number of nitrogens with zero attached hydrogens (tertiary/aromatic N) is 2. The summed E-state index contributed by atoms with van der Waals surface area (Å²) < 4.78 is 21.6. The molecule has 0 spiro atoms. The summed E-state index contributed by atoms with van der Waals surface area (Å²) in [4.78, 5) is 16.7. The number of para-hydroxylation sites is 1. The lowest BCUT2D eigenvalue weighted by molar-refractivity contribution is -0.127. The van der Waals surface area contributed by atoms with Crippen LogP contribution >= 0.6 is 0 Å². The molecule has 2 aromatic carbocycles. The molecule has 3 aromatic rings. The Morgan fingerprint density at radius 1 is 1.13 bits per heavy atom. The first-order valence-electron chi connectivity index (χ1n) is 9.63. The van der Waals surface area contributed by atoms with E-state index >= 15 is 0 Å². The van der Waals surface area contributed by atoms with E-state index in [9.17, 15) is 4.79 Å². The van der Waals surface area contributed by atoms with Crippen LogP contribution in [0.5, 0.6) is 17.2 Å². The summed E-state index contributed by atoms with van der Waals surface area (Å²) in [5.41, 5.74) is 1.71. The molecule has 1 amide bonds. The van der Waals surface area contributed by atoms with Crippen LogP contribution in [-0.2, 0) is 17.8 Å². The standard InChI is InChI=1S/C22H25N3O5/c1-5-15-8-6-7-9-18(15)29-14(2)22(26)23-13-20-24-21(25-30-20)17-11-10-16(27-3)12-19(17)28-4/h6-12,14H,5,13H2,1-4H3,(H,23,26)/t14-/m1/s1. The molecule has 0 fully saturated rings.